The quantitative estimate of drug-likeness (QED) is 0.589. The van der Waals surface area contributed by atoms with Crippen LogP contribution in [0, 0.1) is 0 Å². The number of hydrogen-bond donors (Lipinski definition) is 2. The molecule has 0 saturated carbocycles. The molecule has 1 saturated heterocycles. The molecule has 0 atom stereocenters. The Kier molecular flexibility index (Phi) is 6.57. The standard InChI is InChI=1S/C25H26N4O2/c30-24-10-5-13-29(24)18-21-9-4-8-20(14-21)17-27-22-11-12-26-23(15-22)25(31)28-16-19-6-2-1-3-7-19/h1-4,6-9,11-12,14-15H,5,10,13,16-18H2,(H,26,27)(H,28,31). The summed E-state index contributed by atoms with van der Waals surface area (Å²) in [5, 5.41) is 6.26. The Hall–Kier alpha value is -3.67. The number of amides is 2. The Balaban J connectivity index is 1.33. The highest BCUT2D eigenvalue weighted by Gasteiger charge is 2.19. The van der Waals surface area contributed by atoms with Gasteiger partial charge in [0.2, 0.25) is 5.91 Å². The second kappa shape index (κ2) is 9.89. The van der Waals surface area contributed by atoms with E-state index < -0.39 is 0 Å². The average Bonchev–Trinajstić information content (AvgIpc) is 3.21. The van der Waals surface area contributed by atoms with E-state index in [1.165, 1.54) is 0 Å². The van der Waals surface area contributed by atoms with Gasteiger partial charge in [0.05, 0.1) is 0 Å². The average molecular weight is 415 g/mol. The highest BCUT2D eigenvalue weighted by atomic mass is 16.2. The number of carbonyl (C=O) groups is 2. The van der Waals surface area contributed by atoms with Crippen LogP contribution in [-0.4, -0.2) is 28.2 Å². The van der Waals surface area contributed by atoms with Gasteiger partial charge in [-0.25, -0.2) is 0 Å². The Bertz CT molecular complexity index is 1050. The largest absolute Gasteiger partial charge is 0.381 e. The molecule has 6 heteroatoms. The SMILES string of the molecule is O=C(NCc1ccccc1)c1cc(NCc2cccc(CN3CCCC3=O)c2)ccn1. The first-order chi connectivity index (χ1) is 15.2. The van der Waals surface area contributed by atoms with Gasteiger partial charge in [-0.05, 0) is 35.2 Å². The van der Waals surface area contributed by atoms with Gasteiger partial charge in [-0.15, -0.1) is 0 Å². The smallest absolute Gasteiger partial charge is 0.270 e. The Morgan fingerprint density at radius 2 is 1.74 bits per heavy atom. The van der Waals surface area contributed by atoms with Crippen molar-refractivity contribution in [3.63, 3.8) is 0 Å². The number of aromatic nitrogens is 1. The highest BCUT2D eigenvalue weighted by molar-refractivity contribution is 5.93. The van der Waals surface area contributed by atoms with E-state index in [0.717, 1.165) is 35.3 Å². The zero-order valence-electron chi connectivity index (χ0n) is 17.4. The molecule has 1 aliphatic heterocycles. The molecule has 31 heavy (non-hydrogen) atoms. The van der Waals surface area contributed by atoms with Crippen molar-refractivity contribution in [2.75, 3.05) is 11.9 Å². The van der Waals surface area contributed by atoms with Crippen molar-refractivity contribution >= 4 is 17.5 Å². The van der Waals surface area contributed by atoms with Crippen molar-refractivity contribution in [2.24, 2.45) is 0 Å². The third-order valence-electron chi connectivity index (χ3n) is 5.32. The van der Waals surface area contributed by atoms with E-state index in [9.17, 15) is 9.59 Å². The number of benzene rings is 2. The molecular weight excluding hydrogens is 388 g/mol. The first-order valence-corrected chi connectivity index (χ1v) is 10.5. The molecule has 0 aliphatic carbocycles. The molecule has 1 aromatic heterocycles. The van der Waals surface area contributed by atoms with Crippen LogP contribution in [0.5, 0.6) is 0 Å². The Morgan fingerprint density at radius 1 is 0.935 bits per heavy atom. The molecule has 4 rings (SSSR count). The second-order valence-corrected chi connectivity index (χ2v) is 7.69. The zero-order valence-corrected chi connectivity index (χ0v) is 17.4. The van der Waals surface area contributed by atoms with Gasteiger partial charge in [0.1, 0.15) is 5.69 Å². The molecule has 6 nitrogen and oxygen atoms in total. The lowest BCUT2D eigenvalue weighted by atomic mass is 10.1. The number of pyridine rings is 1. The van der Waals surface area contributed by atoms with Crippen molar-refractivity contribution in [2.45, 2.75) is 32.5 Å². The van der Waals surface area contributed by atoms with E-state index >= 15 is 0 Å². The highest BCUT2D eigenvalue weighted by Crippen LogP contribution is 2.16. The maximum absolute atomic E-state index is 12.4. The minimum absolute atomic E-state index is 0.204. The monoisotopic (exact) mass is 414 g/mol. The van der Waals surface area contributed by atoms with Crippen molar-refractivity contribution in [3.05, 3.63) is 95.3 Å². The lowest BCUT2D eigenvalue weighted by Gasteiger charge is -2.16. The lowest BCUT2D eigenvalue weighted by molar-refractivity contribution is -0.128. The maximum Gasteiger partial charge on any atom is 0.270 e. The van der Waals surface area contributed by atoms with E-state index in [4.69, 9.17) is 0 Å². The molecule has 2 aromatic carbocycles. The minimum Gasteiger partial charge on any atom is -0.381 e. The van der Waals surface area contributed by atoms with Crippen LogP contribution < -0.4 is 10.6 Å². The maximum atomic E-state index is 12.4. The molecule has 0 bridgehead atoms. The molecule has 2 amide bonds. The van der Waals surface area contributed by atoms with E-state index in [0.29, 0.717) is 31.7 Å². The predicted molar refractivity (Wildman–Crippen MR) is 120 cm³/mol. The van der Waals surface area contributed by atoms with Crippen LogP contribution in [0.1, 0.15) is 40.0 Å². The van der Waals surface area contributed by atoms with Crippen LogP contribution >= 0.6 is 0 Å². The lowest BCUT2D eigenvalue weighted by Crippen LogP contribution is -2.24. The number of likely N-dealkylation sites (tertiary alicyclic amines) is 1. The van der Waals surface area contributed by atoms with Crippen molar-refractivity contribution in [1.82, 2.24) is 15.2 Å². The first-order valence-electron chi connectivity index (χ1n) is 10.5. The molecule has 1 fully saturated rings. The number of carbonyl (C=O) groups excluding carboxylic acids is 2. The number of rotatable bonds is 8. The fourth-order valence-electron chi connectivity index (χ4n) is 3.67. The summed E-state index contributed by atoms with van der Waals surface area (Å²) in [6.45, 7) is 2.59. The second-order valence-electron chi connectivity index (χ2n) is 7.69. The third kappa shape index (κ3) is 5.69. The van der Waals surface area contributed by atoms with Gasteiger partial charge in [-0.3, -0.25) is 14.6 Å². The number of hydrogen-bond acceptors (Lipinski definition) is 4. The van der Waals surface area contributed by atoms with E-state index in [-0.39, 0.29) is 11.8 Å². The van der Waals surface area contributed by atoms with Gasteiger partial charge in [0.15, 0.2) is 0 Å². The Labute approximate surface area is 182 Å². The van der Waals surface area contributed by atoms with Crippen LogP contribution in [0.4, 0.5) is 5.69 Å². The summed E-state index contributed by atoms with van der Waals surface area (Å²) in [7, 11) is 0. The van der Waals surface area contributed by atoms with Gasteiger partial charge in [0, 0.05) is 44.5 Å². The van der Waals surface area contributed by atoms with Crippen LogP contribution in [-0.2, 0) is 24.4 Å². The Morgan fingerprint density at radius 3 is 2.55 bits per heavy atom. The summed E-state index contributed by atoms with van der Waals surface area (Å²) in [6.07, 6.45) is 3.24. The van der Waals surface area contributed by atoms with Crippen molar-refractivity contribution in [1.29, 1.82) is 0 Å². The molecule has 2 heterocycles. The zero-order chi connectivity index (χ0) is 21.5. The van der Waals surface area contributed by atoms with E-state index in [1.54, 1.807) is 12.3 Å². The molecule has 2 N–H and O–H groups in total. The van der Waals surface area contributed by atoms with Crippen LogP contribution in [0.2, 0.25) is 0 Å². The summed E-state index contributed by atoms with van der Waals surface area (Å²) in [4.78, 5) is 30.4. The van der Waals surface area contributed by atoms with Gasteiger partial charge in [-0.2, -0.15) is 0 Å². The molecule has 1 aliphatic rings. The molecule has 0 radical (unpaired) electrons. The van der Waals surface area contributed by atoms with Crippen molar-refractivity contribution in [3.8, 4) is 0 Å². The van der Waals surface area contributed by atoms with E-state index in [2.05, 4.69) is 33.8 Å². The van der Waals surface area contributed by atoms with Crippen LogP contribution in [0.25, 0.3) is 0 Å². The fraction of sp³-hybridized carbons (Fsp3) is 0.240. The van der Waals surface area contributed by atoms with Gasteiger partial charge < -0.3 is 15.5 Å². The minimum atomic E-state index is -0.204. The molecule has 0 unspecified atom stereocenters. The predicted octanol–water partition coefficient (Wildman–Crippen LogP) is 3.75. The topological polar surface area (TPSA) is 74.3 Å². The molecule has 3 aromatic rings. The van der Waals surface area contributed by atoms with Crippen molar-refractivity contribution < 1.29 is 9.59 Å². The summed E-state index contributed by atoms with van der Waals surface area (Å²) in [6, 6.07) is 21.6. The molecule has 0 spiro atoms. The number of nitrogens with one attached hydrogen (secondary N) is 2. The molecule has 158 valence electrons. The number of anilines is 1. The summed E-state index contributed by atoms with van der Waals surface area (Å²) < 4.78 is 0. The third-order valence-corrected chi connectivity index (χ3v) is 5.32. The summed E-state index contributed by atoms with van der Waals surface area (Å²) in [5.41, 5.74) is 4.50. The molecular formula is C25H26N4O2. The summed E-state index contributed by atoms with van der Waals surface area (Å²) >= 11 is 0. The first kappa shape index (κ1) is 20.6. The fourth-order valence-corrected chi connectivity index (χ4v) is 3.67. The van der Waals surface area contributed by atoms with Gasteiger partial charge in [0.25, 0.3) is 5.91 Å². The van der Waals surface area contributed by atoms with Crippen LogP contribution in [0.15, 0.2) is 72.9 Å². The number of nitrogens with zero attached hydrogens (tertiary/aromatic N) is 2. The normalized spacial score (nSPS) is 13.3. The van der Waals surface area contributed by atoms with Crippen LogP contribution in [0.3, 0.4) is 0 Å². The summed E-state index contributed by atoms with van der Waals surface area (Å²) in [5.74, 6) is 0.0307. The van der Waals surface area contributed by atoms with Gasteiger partial charge >= 0.3 is 0 Å². The van der Waals surface area contributed by atoms with E-state index in [1.807, 2.05) is 47.4 Å². The van der Waals surface area contributed by atoms with Gasteiger partial charge in [-0.1, -0.05) is 54.6 Å².